The van der Waals surface area contributed by atoms with Crippen molar-refractivity contribution in [2.45, 2.75) is 50.6 Å². The van der Waals surface area contributed by atoms with E-state index in [1.54, 1.807) is 24.3 Å². The van der Waals surface area contributed by atoms with E-state index in [9.17, 15) is 14.9 Å². The Morgan fingerprint density at radius 2 is 1.73 bits per heavy atom. The van der Waals surface area contributed by atoms with Crippen molar-refractivity contribution in [2.75, 3.05) is 0 Å². The Morgan fingerprint density at radius 3 is 2.35 bits per heavy atom. The fourth-order valence-electron chi connectivity index (χ4n) is 3.51. The Labute approximate surface area is 153 Å². The molecular formula is C20H22N4O2. The van der Waals surface area contributed by atoms with E-state index in [0.717, 1.165) is 32.1 Å². The molecule has 6 nitrogen and oxygen atoms in total. The SMILES string of the molecule is N#Cc1ccc(C(=O)N[C@@H]2CCCC[C@@H]2C(=O)NC(C#N)C2CC2)cc1. The Bertz CT molecular complexity index is 756. The van der Waals surface area contributed by atoms with Crippen molar-refractivity contribution in [1.82, 2.24) is 10.6 Å². The molecule has 0 saturated heterocycles. The lowest BCUT2D eigenvalue weighted by Gasteiger charge is -2.31. The van der Waals surface area contributed by atoms with Crippen molar-refractivity contribution in [3.05, 3.63) is 35.4 Å². The van der Waals surface area contributed by atoms with Gasteiger partial charge in [0.1, 0.15) is 6.04 Å². The molecule has 0 heterocycles. The van der Waals surface area contributed by atoms with Crippen molar-refractivity contribution in [3.63, 3.8) is 0 Å². The second-order valence-electron chi connectivity index (χ2n) is 7.11. The van der Waals surface area contributed by atoms with Crippen LogP contribution in [-0.2, 0) is 4.79 Å². The van der Waals surface area contributed by atoms with E-state index in [0.29, 0.717) is 17.5 Å². The summed E-state index contributed by atoms with van der Waals surface area (Å²) in [6, 6.07) is 10.00. The first-order chi connectivity index (χ1) is 12.6. The average molecular weight is 350 g/mol. The Kier molecular flexibility index (Phi) is 5.53. The van der Waals surface area contributed by atoms with Gasteiger partial charge in [0, 0.05) is 11.6 Å². The smallest absolute Gasteiger partial charge is 0.251 e. The van der Waals surface area contributed by atoms with E-state index in [4.69, 9.17) is 5.26 Å². The summed E-state index contributed by atoms with van der Waals surface area (Å²) >= 11 is 0. The molecule has 0 aromatic heterocycles. The highest BCUT2D eigenvalue weighted by atomic mass is 16.2. The van der Waals surface area contributed by atoms with Crippen LogP contribution in [0.3, 0.4) is 0 Å². The molecule has 0 spiro atoms. The fourth-order valence-corrected chi connectivity index (χ4v) is 3.51. The molecule has 26 heavy (non-hydrogen) atoms. The summed E-state index contributed by atoms with van der Waals surface area (Å²) in [6.07, 6.45) is 5.35. The molecule has 1 aromatic carbocycles. The summed E-state index contributed by atoms with van der Waals surface area (Å²) in [5.41, 5.74) is 0.973. The lowest BCUT2D eigenvalue weighted by molar-refractivity contribution is -0.127. The first-order valence-corrected chi connectivity index (χ1v) is 9.13. The first-order valence-electron chi connectivity index (χ1n) is 9.13. The number of rotatable bonds is 5. The molecule has 0 bridgehead atoms. The zero-order valence-electron chi connectivity index (χ0n) is 14.6. The average Bonchev–Trinajstić information content (AvgIpc) is 3.51. The van der Waals surface area contributed by atoms with E-state index in [1.165, 1.54) is 0 Å². The lowest BCUT2D eigenvalue weighted by atomic mass is 9.83. The summed E-state index contributed by atoms with van der Waals surface area (Å²) in [6.45, 7) is 0. The number of benzene rings is 1. The van der Waals surface area contributed by atoms with Crippen LogP contribution in [-0.4, -0.2) is 23.9 Å². The summed E-state index contributed by atoms with van der Waals surface area (Å²) < 4.78 is 0. The topological polar surface area (TPSA) is 106 Å². The van der Waals surface area contributed by atoms with Gasteiger partial charge in [-0.2, -0.15) is 10.5 Å². The molecule has 0 radical (unpaired) electrons. The first kappa shape index (κ1) is 17.9. The third-order valence-electron chi connectivity index (χ3n) is 5.23. The summed E-state index contributed by atoms with van der Waals surface area (Å²) in [5, 5.41) is 23.9. The van der Waals surface area contributed by atoms with E-state index in [-0.39, 0.29) is 29.7 Å². The highest BCUT2D eigenvalue weighted by Gasteiger charge is 2.37. The number of carbonyl (C=O) groups is 2. The summed E-state index contributed by atoms with van der Waals surface area (Å²) in [4.78, 5) is 25.2. The minimum Gasteiger partial charge on any atom is -0.349 e. The molecular weight excluding hydrogens is 328 g/mol. The van der Waals surface area contributed by atoms with Crippen molar-refractivity contribution >= 4 is 11.8 Å². The zero-order chi connectivity index (χ0) is 18.5. The van der Waals surface area contributed by atoms with Crippen LogP contribution in [0.5, 0.6) is 0 Å². The van der Waals surface area contributed by atoms with Crippen LogP contribution in [0.25, 0.3) is 0 Å². The second-order valence-corrected chi connectivity index (χ2v) is 7.11. The highest BCUT2D eigenvalue weighted by Crippen LogP contribution is 2.33. The summed E-state index contributed by atoms with van der Waals surface area (Å²) in [7, 11) is 0. The second kappa shape index (κ2) is 8.01. The van der Waals surface area contributed by atoms with Gasteiger partial charge in [-0.05, 0) is 55.9 Å². The van der Waals surface area contributed by atoms with Gasteiger partial charge in [0.05, 0.1) is 23.6 Å². The Balaban J connectivity index is 1.64. The van der Waals surface area contributed by atoms with Crippen LogP contribution in [0.4, 0.5) is 0 Å². The third kappa shape index (κ3) is 4.21. The van der Waals surface area contributed by atoms with E-state index < -0.39 is 6.04 Å². The predicted molar refractivity (Wildman–Crippen MR) is 94.6 cm³/mol. The molecule has 2 fully saturated rings. The minimum absolute atomic E-state index is 0.131. The van der Waals surface area contributed by atoms with Gasteiger partial charge in [-0.1, -0.05) is 12.8 Å². The van der Waals surface area contributed by atoms with Crippen molar-refractivity contribution in [3.8, 4) is 12.1 Å². The quantitative estimate of drug-likeness (QED) is 0.849. The maximum atomic E-state index is 12.7. The van der Waals surface area contributed by atoms with Crippen LogP contribution in [0.2, 0.25) is 0 Å². The van der Waals surface area contributed by atoms with Crippen molar-refractivity contribution in [1.29, 1.82) is 10.5 Å². The van der Waals surface area contributed by atoms with Gasteiger partial charge < -0.3 is 10.6 Å². The molecule has 2 aliphatic rings. The van der Waals surface area contributed by atoms with Crippen LogP contribution in [0.15, 0.2) is 24.3 Å². The minimum atomic E-state index is -0.417. The number of carbonyl (C=O) groups excluding carboxylic acids is 2. The van der Waals surface area contributed by atoms with Gasteiger partial charge >= 0.3 is 0 Å². The molecule has 1 unspecified atom stereocenters. The van der Waals surface area contributed by atoms with E-state index in [2.05, 4.69) is 16.7 Å². The van der Waals surface area contributed by atoms with Gasteiger partial charge in [0.15, 0.2) is 0 Å². The molecule has 3 rings (SSSR count). The van der Waals surface area contributed by atoms with Crippen LogP contribution < -0.4 is 10.6 Å². The molecule has 2 saturated carbocycles. The van der Waals surface area contributed by atoms with Crippen LogP contribution in [0.1, 0.15) is 54.4 Å². The third-order valence-corrected chi connectivity index (χ3v) is 5.23. The van der Waals surface area contributed by atoms with Crippen LogP contribution >= 0.6 is 0 Å². The maximum absolute atomic E-state index is 12.7. The van der Waals surface area contributed by atoms with Crippen molar-refractivity contribution in [2.24, 2.45) is 11.8 Å². The van der Waals surface area contributed by atoms with Gasteiger partial charge in [-0.3, -0.25) is 9.59 Å². The number of hydrogen-bond donors (Lipinski definition) is 2. The van der Waals surface area contributed by atoms with Gasteiger partial charge in [0.25, 0.3) is 5.91 Å². The van der Waals surface area contributed by atoms with Crippen LogP contribution in [0, 0.1) is 34.5 Å². The molecule has 0 aliphatic heterocycles. The number of hydrogen-bond acceptors (Lipinski definition) is 4. The Morgan fingerprint density at radius 1 is 1.04 bits per heavy atom. The maximum Gasteiger partial charge on any atom is 0.251 e. The molecule has 2 aliphatic carbocycles. The van der Waals surface area contributed by atoms with E-state index in [1.807, 2.05) is 6.07 Å². The standard InChI is InChI=1S/C20H22N4O2/c21-11-13-5-7-15(8-6-13)19(25)23-17-4-2-1-3-16(17)20(26)24-18(12-22)14-9-10-14/h5-8,14,16-18H,1-4,9-10H2,(H,23,25)(H,24,26)/t16-,17+,18?/m0/s1. The molecule has 6 heteroatoms. The molecule has 1 aromatic rings. The summed E-state index contributed by atoms with van der Waals surface area (Å²) in [5.74, 6) is -0.397. The highest BCUT2D eigenvalue weighted by molar-refractivity contribution is 5.95. The van der Waals surface area contributed by atoms with Gasteiger partial charge in [-0.15, -0.1) is 0 Å². The largest absolute Gasteiger partial charge is 0.349 e. The fraction of sp³-hybridized carbons (Fsp3) is 0.500. The zero-order valence-corrected chi connectivity index (χ0v) is 14.6. The normalized spacial score (nSPS) is 23.2. The number of nitriles is 2. The predicted octanol–water partition coefficient (Wildman–Crippen LogP) is 2.27. The molecule has 2 N–H and O–H groups in total. The van der Waals surface area contributed by atoms with Gasteiger partial charge in [0.2, 0.25) is 5.91 Å². The van der Waals surface area contributed by atoms with Crippen molar-refractivity contribution < 1.29 is 9.59 Å². The van der Waals surface area contributed by atoms with E-state index >= 15 is 0 Å². The number of amides is 2. The number of nitrogens with zero attached hydrogens (tertiary/aromatic N) is 2. The number of nitrogens with one attached hydrogen (secondary N) is 2. The molecule has 3 atom stereocenters. The van der Waals surface area contributed by atoms with Gasteiger partial charge in [-0.25, -0.2) is 0 Å². The molecule has 134 valence electrons. The lowest BCUT2D eigenvalue weighted by Crippen LogP contribution is -2.50. The monoisotopic (exact) mass is 350 g/mol. The molecule has 2 amide bonds. The Hall–Kier alpha value is -2.86.